The molecule has 1 nitrogen and oxygen atoms in total. The molecule has 16 heavy (non-hydrogen) atoms. The Morgan fingerprint density at radius 2 is 1.94 bits per heavy atom. The fourth-order valence-electron chi connectivity index (χ4n) is 6.09. The highest BCUT2D eigenvalue weighted by molar-refractivity contribution is 5.70. The Morgan fingerprint density at radius 3 is 2.75 bits per heavy atom. The number of hydrogen-bond donors (Lipinski definition) is 0. The molecule has 4 bridgehead atoms. The van der Waals surface area contributed by atoms with Gasteiger partial charge in [-0.2, -0.15) is 0 Å². The third-order valence-corrected chi connectivity index (χ3v) is 6.89. The zero-order valence-electron chi connectivity index (χ0n) is 10.6. The van der Waals surface area contributed by atoms with Crippen LogP contribution in [0.1, 0.15) is 52.4 Å². The van der Waals surface area contributed by atoms with Gasteiger partial charge in [0.05, 0.1) is 6.04 Å². The molecule has 0 aromatic rings. The molecule has 0 radical (unpaired) electrons. The summed E-state index contributed by atoms with van der Waals surface area (Å²) in [6.07, 6.45) is 11.2. The first-order chi connectivity index (χ1) is 7.68. The van der Waals surface area contributed by atoms with E-state index < -0.39 is 0 Å². The van der Waals surface area contributed by atoms with Crippen LogP contribution in [0.4, 0.5) is 0 Å². The minimum atomic E-state index is 0.441. The topological polar surface area (TPSA) is 12.4 Å². The van der Waals surface area contributed by atoms with Crippen LogP contribution in [0.5, 0.6) is 0 Å². The monoisotopic (exact) mass is 217 g/mol. The Hall–Kier alpha value is -0.330. The van der Waals surface area contributed by atoms with Crippen LogP contribution in [-0.2, 0) is 0 Å². The number of hydrogen-bond acceptors (Lipinski definition) is 1. The van der Waals surface area contributed by atoms with Gasteiger partial charge in [-0.1, -0.05) is 26.7 Å². The minimum Gasteiger partial charge on any atom is -0.293 e. The Morgan fingerprint density at radius 1 is 1.19 bits per heavy atom. The van der Waals surface area contributed by atoms with Gasteiger partial charge in [0, 0.05) is 11.6 Å². The molecule has 5 aliphatic rings. The second kappa shape index (κ2) is 2.73. The highest BCUT2D eigenvalue weighted by Crippen LogP contribution is 2.69. The van der Waals surface area contributed by atoms with Crippen molar-refractivity contribution < 1.29 is 0 Å². The molecule has 0 amide bonds. The van der Waals surface area contributed by atoms with Crippen LogP contribution in [0.15, 0.2) is 4.99 Å². The predicted octanol–water partition coefficient (Wildman–Crippen LogP) is 3.68. The van der Waals surface area contributed by atoms with Crippen molar-refractivity contribution in [1.29, 1.82) is 0 Å². The molecular formula is C15H23N. The van der Waals surface area contributed by atoms with Crippen molar-refractivity contribution in [2.24, 2.45) is 33.6 Å². The van der Waals surface area contributed by atoms with Gasteiger partial charge in [0.15, 0.2) is 0 Å². The van der Waals surface area contributed by atoms with Crippen LogP contribution < -0.4 is 0 Å². The quantitative estimate of drug-likeness (QED) is 0.587. The molecule has 5 rings (SSSR count). The highest BCUT2D eigenvalue weighted by Gasteiger charge is 2.66. The van der Waals surface area contributed by atoms with Crippen molar-refractivity contribution in [2.45, 2.75) is 58.4 Å². The van der Waals surface area contributed by atoms with Gasteiger partial charge in [-0.05, 0) is 48.9 Å². The van der Waals surface area contributed by atoms with E-state index in [0.29, 0.717) is 16.9 Å². The van der Waals surface area contributed by atoms with Gasteiger partial charge in [0.25, 0.3) is 0 Å². The van der Waals surface area contributed by atoms with Crippen LogP contribution in [0.25, 0.3) is 0 Å². The van der Waals surface area contributed by atoms with E-state index in [9.17, 15) is 0 Å². The van der Waals surface area contributed by atoms with E-state index in [1.54, 1.807) is 0 Å². The van der Waals surface area contributed by atoms with Crippen molar-refractivity contribution in [3.63, 3.8) is 0 Å². The Labute approximate surface area is 98.7 Å². The summed E-state index contributed by atoms with van der Waals surface area (Å²) < 4.78 is 0. The van der Waals surface area contributed by atoms with E-state index in [4.69, 9.17) is 4.99 Å². The highest BCUT2D eigenvalue weighted by atomic mass is 14.9. The lowest BCUT2D eigenvalue weighted by Crippen LogP contribution is -2.63. The van der Waals surface area contributed by atoms with Crippen molar-refractivity contribution in [3.05, 3.63) is 0 Å². The lowest BCUT2D eigenvalue weighted by Gasteiger charge is -2.64. The van der Waals surface area contributed by atoms with E-state index in [0.717, 1.165) is 17.8 Å². The van der Waals surface area contributed by atoms with Crippen molar-refractivity contribution in [2.75, 3.05) is 0 Å². The molecule has 0 N–H and O–H groups in total. The minimum absolute atomic E-state index is 0.441. The molecule has 3 aliphatic carbocycles. The van der Waals surface area contributed by atoms with Crippen LogP contribution in [-0.4, -0.2) is 12.3 Å². The Bertz CT molecular complexity index is 360. The number of nitrogens with zero attached hydrogens (tertiary/aromatic N) is 1. The molecule has 1 spiro atoms. The molecule has 3 saturated carbocycles. The van der Waals surface area contributed by atoms with Gasteiger partial charge in [0.2, 0.25) is 0 Å². The smallest absolute Gasteiger partial charge is 0.0586 e. The third kappa shape index (κ3) is 0.822. The normalized spacial score (nSPS) is 62.4. The van der Waals surface area contributed by atoms with Gasteiger partial charge in [-0.15, -0.1) is 0 Å². The summed E-state index contributed by atoms with van der Waals surface area (Å²) in [6.45, 7) is 5.02. The maximum absolute atomic E-state index is 5.01. The second-order valence-electron chi connectivity index (χ2n) is 7.11. The number of rotatable bonds is 0. The molecular weight excluding hydrogens is 194 g/mol. The fraction of sp³-hybridized carbons (Fsp3) is 0.933. The van der Waals surface area contributed by atoms with Crippen LogP contribution >= 0.6 is 0 Å². The summed E-state index contributed by atoms with van der Waals surface area (Å²) in [5.74, 6) is 2.76. The number of aliphatic imine (C=N–C) groups is 1. The van der Waals surface area contributed by atoms with Gasteiger partial charge in [0.1, 0.15) is 0 Å². The van der Waals surface area contributed by atoms with Gasteiger partial charge < -0.3 is 0 Å². The zero-order valence-corrected chi connectivity index (χ0v) is 10.6. The molecule has 6 atom stereocenters. The summed E-state index contributed by atoms with van der Waals surface area (Å²) in [5, 5.41) is 0. The molecule has 2 heterocycles. The Kier molecular flexibility index (Phi) is 1.65. The maximum Gasteiger partial charge on any atom is 0.0586 e. The first-order valence-electron chi connectivity index (χ1n) is 7.23. The van der Waals surface area contributed by atoms with E-state index in [2.05, 4.69) is 20.1 Å². The summed E-state index contributed by atoms with van der Waals surface area (Å²) in [4.78, 5) is 5.01. The zero-order chi connectivity index (χ0) is 11.0. The molecule has 88 valence electrons. The molecule has 2 aliphatic heterocycles. The van der Waals surface area contributed by atoms with E-state index in [-0.39, 0.29) is 0 Å². The van der Waals surface area contributed by atoms with Gasteiger partial charge >= 0.3 is 0 Å². The van der Waals surface area contributed by atoms with Crippen LogP contribution in [0.2, 0.25) is 0 Å². The van der Waals surface area contributed by atoms with E-state index in [1.807, 2.05) is 0 Å². The molecule has 0 saturated heterocycles. The summed E-state index contributed by atoms with van der Waals surface area (Å²) in [5.41, 5.74) is 1.09. The fourth-order valence-corrected chi connectivity index (χ4v) is 6.09. The lowest BCUT2D eigenvalue weighted by molar-refractivity contribution is -0.0966. The Balaban J connectivity index is 1.92. The summed E-state index contributed by atoms with van der Waals surface area (Å²) in [7, 11) is 0. The molecule has 1 heteroatoms. The second-order valence-corrected chi connectivity index (χ2v) is 7.11. The van der Waals surface area contributed by atoms with E-state index in [1.165, 1.54) is 38.5 Å². The average Bonchev–Trinajstić information content (AvgIpc) is 2.71. The van der Waals surface area contributed by atoms with Crippen LogP contribution in [0, 0.1) is 28.6 Å². The van der Waals surface area contributed by atoms with Crippen molar-refractivity contribution in [3.8, 4) is 0 Å². The standard InChI is InChI=1S/C15H23N/c1-10-11-5-3-7-15-8-4-6-12(15)14(10,2)9-16-13(11)15/h9-13H,3-8H2,1-2H3/t10-,11-,12+,13-,14+,15+/m1/s1. The third-order valence-electron chi connectivity index (χ3n) is 6.89. The van der Waals surface area contributed by atoms with Crippen molar-refractivity contribution >= 4 is 6.21 Å². The molecule has 0 aromatic heterocycles. The average molecular weight is 217 g/mol. The SMILES string of the molecule is C[C@@H]1[C@H]2CCC[C@]34CCC[C@H]3[C@@]1(C)C=N[C@H]24. The van der Waals surface area contributed by atoms with E-state index >= 15 is 0 Å². The summed E-state index contributed by atoms with van der Waals surface area (Å²) >= 11 is 0. The van der Waals surface area contributed by atoms with Gasteiger partial charge in [-0.25, -0.2) is 0 Å². The first kappa shape index (κ1) is 9.67. The molecule has 0 aromatic carbocycles. The van der Waals surface area contributed by atoms with Crippen molar-refractivity contribution in [1.82, 2.24) is 0 Å². The summed E-state index contributed by atoms with van der Waals surface area (Å²) in [6, 6.07) is 0.713. The lowest BCUT2D eigenvalue weighted by atomic mass is 9.42. The molecule has 3 fully saturated rings. The first-order valence-corrected chi connectivity index (χ1v) is 7.23. The largest absolute Gasteiger partial charge is 0.293 e. The van der Waals surface area contributed by atoms with Gasteiger partial charge in [-0.3, -0.25) is 4.99 Å². The maximum atomic E-state index is 5.01. The predicted molar refractivity (Wildman–Crippen MR) is 66.7 cm³/mol. The molecule has 0 unspecified atom stereocenters. The van der Waals surface area contributed by atoms with Crippen LogP contribution in [0.3, 0.4) is 0 Å².